The molecule has 1 aromatic rings. The van der Waals surface area contributed by atoms with Crippen LogP contribution in [0.25, 0.3) is 0 Å². The summed E-state index contributed by atoms with van der Waals surface area (Å²) in [5, 5.41) is 0. The van der Waals surface area contributed by atoms with E-state index in [2.05, 4.69) is 0 Å². The summed E-state index contributed by atoms with van der Waals surface area (Å²) in [5.41, 5.74) is 7.87. The highest BCUT2D eigenvalue weighted by Crippen LogP contribution is 2.24. The number of rotatable bonds is 3. The molecule has 1 unspecified atom stereocenters. The highest BCUT2D eigenvalue weighted by Gasteiger charge is 2.32. The molecule has 17 heavy (non-hydrogen) atoms. The quantitative estimate of drug-likeness (QED) is 0.840. The number of benzene rings is 1. The second-order valence-corrected chi connectivity index (χ2v) is 4.51. The van der Waals surface area contributed by atoms with Gasteiger partial charge in [0.2, 0.25) is 5.91 Å². The van der Waals surface area contributed by atoms with Crippen molar-refractivity contribution in [2.24, 2.45) is 5.73 Å². The van der Waals surface area contributed by atoms with Crippen LogP contribution in [0.5, 0.6) is 0 Å². The Labute approximate surface area is 102 Å². The van der Waals surface area contributed by atoms with E-state index >= 15 is 0 Å². The average molecular weight is 233 g/mol. The van der Waals surface area contributed by atoms with Crippen LogP contribution in [-0.4, -0.2) is 37.5 Å². The number of nitrogens with zero attached hydrogens (tertiary/aromatic N) is 2. The van der Waals surface area contributed by atoms with Gasteiger partial charge in [0.25, 0.3) is 0 Å². The number of anilines is 1. The van der Waals surface area contributed by atoms with Crippen LogP contribution in [0.2, 0.25) is 0 Å². The number of amides is 1. The molecule has 1 saturated heterocycles. The number of carbonyl (C=O) groups excluding carboxylic acids is 1. The predicted octanol–water partition coefficient (Wildman–Crippen LogP) is 0.812. The summed E-state index contributed by atoms with van der Waals surface area (Å²) in [5.74, 6) is 0.194. The summed E-state index contributed by atoms with van der Waals surface area (Å²) in [7, 11) is 3.82. The van der Waals surface area contributed by atoms with Crippen LogP contribution in [0.3, 0.4) is 0 Å². The molecule has 1 aliphatic heterocycles. The minimum atomic E-state index is -0.0484. The van der Waals surface area contributed by atoms with Crippen LogP contribution < -0.4 is 10.6 Å². The van der Waals surface area contributed by atoms with Crippen molar-refractivity contribution in [3.63, 3.8) is 0 Å². The molecule has 2 rings (SSSR count). The molecule has 0 spiro atoms. The maximum Gasteiger partial charge on any atom is 0.245 e. The number of carbonyl (C=O) groups is 1. The normalized spacial score (nSPS) is 19.8. The fourth-order valence-electron chi connectivity index (χ4n) is 2.36. The molecule has 0 bridgehead atoms. The van der Waals surface area contributed by atoms with Crippen molar-refractivity contribution >= 4 is 11.6 Å². The Hall–Kier alpha value is -1.55. The lowest BCUT2D eigenvalue weighted by atomic mass is 10.1. The van der Waals surface area contributed by atoms with Gasteiger partial charge in [-0.3, -0.25) is 4.79 Å². The molecule has 1 heterocycles. The molecule has 0 aliphatic carbocycles. The zero-order valence-corrected chi connectivity index (χ0v) is 10.4. The third-order valence-electron chi connectivity index (χ3n) is 3.46. The molecule has 2 N–H and O–H groups in total. The third-order valence-corrected chi connectivity index (χ3v) is 3.46. The minimum absolute atomic E-state index is 0.0484. The number of likely N-dealkylation sites (tertiary alicyclic amines) is 1. The molecule has 92 valence electrons. The summed E-state index contributed by atoms with van der Waals surface area (Å²) in [4.78, 5) is 15.8. The van der Waals surface area contributed by atoms with Gasteiger partial charge >= 0.3 is 0 Å². The molecule has 4 heteroatoms. The Balaban J connectivity index is 2.25. The molecule has 1 atom stereocenters. The van der Waals surface area contributed by atoms with E-state index in [9.17, 15) is 4.79 Å². The molecule has 1 aromatic carbocycles. The lowest BCUT2D eigenvalue weighted by molar-refractivity contribution is -0.127. The maximum atomic E-state index is 12.0. The van der Waals surface area contributed by atoms with Crippen molar-refractivity contribution in [2.75, 3.05) is 25.5 Å². The van der Waals surface area contributed by atoms with Gasteiger partial charge in [-0.2, -0.15) is 0 Å². The van der Waals surface area contributed by atoms with Gasteiger partial charge in [0.1, 0.15) is 6.04 Å². The van der Waals surface area contributed by atoms with Crippen molar-refractivity contribution in [2.45, 2.75) is 19.0 Å². The Kier molecular flexibility index (Phi) is 3.33. The van der Waals surface area contributed by atoms with Crippen molar-refractivity contribution in [1.29, 1.82) is 0 Å². The second-order valence-electron chi connectivity index (χ2n) is 4.51. The number of likely N-dealkylation sites (N-methyl/N-ethyl adjacent to an activating group) is 2. The van der Waals surface area contributed by atoms with Gasteiger partial charge < -0.3 is 15.5 Å². The monoisotopic (exact) mass is 233 g/mol. The van der Waals surface area contributed by atoms with Gasteiger partial charge in [0.05, 0.1) is 0 Å². The molecule has 1 amide bonds. The highest BCUT2D eigenvalue weighted by molar-refractivity contribution is 5.87. The van der Waals surface area contributed by atoms with Gasteiger partial charge in [-0.15, -0.1) is 0 Å². The van der Waals surface area contributed by atoms with Crippen LogP contribution >= 0.6 is 0 Å². The lowest BCUT2D eigenvalue weighted by Gasteiger charge is -2.27. The fraction of sp³-hybridized carbons (Fsp3) is 0.462. The van der Waals surface area contributed by atoms with Crippen molar-refractivity contribution < 1.29 is 4.79 Å². The Bertz CT molecular complexity index is 419. The van der Waals surface area contributed by atoms with E-state index in [0.717, 1.165) is 24.2 Å². The van der Waals surface area contributed by atoms with Crippen molar-refractivity contribution in [1.82, 2.24) is 4.90 Å². The average Bonchev–Trinajstić information content (AvgIpc) is 2.69. The zero-order valence-electron chi connectivity index (χ0n) is 10.4. The number of nitrogens with two attached hydrogens (primary N) is 1. The van der Waals surface area contributed by atoms with Crippen molar-refractivity contribution in [3.05, 3.63) is 29.8 Å². The topological polar surface area (TPSA) is 49.6 Å². The zero-order chi connectivity index (χ0) is 12.4. The number of hydrogen-bond acceptors (Lipinski definition) is 3. The molecule has 0 aromatic heterocycles. The molecule has 0 saturated carbocycles. The standard InChI is InChI=1S/C13H19N3O/c1-15-8-7-12(13(15)17)16(2)11-6-4-3-5-10(11)9-14/h3-6,12H,7-9,14H2,1-2H3. The summed E-state index contributed by atoms with van der Waals surface area (Å²) in [6.45, 7) is 1.33. The first-order valence-electron chi connectivity index (χ1n) is 5.91. The number of para-hydroxylation sites is 1. The SMILES string of the molecule is CN1CCC(N(C)c2ccccc2CN)C1=O. The van der Waals surface area contributed by atoms with Crippen LogP contribution in [0.1, 0.15) is 12.0 Å². The van der Waals surface area contributed by atoms with Gasteiger partial charge in [0, 0.05) is 32.9 Å². The molecular weight excluding hydrogens is 214 g/mol. The molecule has 4 nitrogen and oxygen atoms in total. The summed E-state index contributed by atoms with van der Waals surface area (Å²) in [6, 6.07) is 7.94. The van der Waals surface area contributed by atoms with Gasteiger partial charge in [-0.1, -0.05) is 18.2 Å². The minimum Gasteiger partial charge on any atom is -0.362 e. The van der Waals surface area contributed by atoms with Crippen LogP contribution in [0, 0.1) is 0 Å². The van der Waals surface area contributed by atoms with E-state index in [1.165, 1.54) is 0 Å². The van der Waals surface area contributed by atoms with E-state index in [4.69, 9.17) is 5.73 Å². The first kappa shape index (κ1) is 11.9. The Morgan fingerprint density at radius 2 is 2.18 bits per heavy atom. The highest BCUT2D eigenvalue weighted by atomic mass is 16.2. The van der Waals surface area contributed by atoms with Crippen LogP contribution in [0.4, 0.5) is 5.69 Å². The maximum absolute atomic E-state index is 12.0. The molecular formula is C13H19N3O. The molecule has 0 radical (unpaired) electrons. The fourth-order valence-corrected chi connectivity index (χ4v) is 2.36. The Morgan fingerprint density at radius 1 is 1.47 bits per heavy atom. The number of hydrogen-bond donors (Lipinski definition) is 1. The lowest BCUT2D eigenvalue weighted by Crippen LogP contribution is -2.39. The predicted molar refractivity (Wildman–Crippen MR) is 68.8 cm³/mol. The molecule has 1 fully saturated rings. The van der Waals surface area contributed by atoms with E-state index in [1.807, 2.05) is 43.3 Å². The van der Waals surface area contributed by atoms with E-state index in [0.29, 0.717) is 6.54 Å². The first-order valence-corrected chi connectivity index (χ1v) is 5.91. The smallest absolute Gasteiger partial charge is 0.245 e. The van der Waals surface area contributed by atoms with Crippen molar-refractivity contribution in [3.8, 4) is 0 Å². The summed E-state index contributed by atoms with van der Waals surface area (Å²) >= 11 is 0. The van der Waals surface area contributed by atoms with E-state index in [1.54, 1.807) is 4.90 Å². The molecule has 1 aliphatic rings. The van der Waals surface area contributed by atoms with E-state index in [-0.39, 0.29) is 11.9 Å². The van der Waals surface area contributed by atoms with Crippen LogP contribution in [0.15, 0.2) is 24.3 Å². The third kappa shape index (κ3) is 2.13. The largest absolute Gasteiger partial charge is 0.362 e. The summed E-state index contributed by atoms with van der Waals surface area (Å²) in [6.07, 6.45) is 0.880. The first-order chi connectivity index (χ1) is 8.15. The Morgan fingerprint density at radius 3 is 2.76 bits per heavy atom. The summed E-state index contributed by atoms with van der Waals surface area (Å²) < 4.78 is 0. The van der Waals surface area contributed by atoms with Crippen LogP contribution in [-0.2, 0) is 11.3 Å². The van der Waals surface area contributed by atoms with E-state index < -0.39 is 0 Å². The van der Waals surface area contributed by atoms with Gasteiger partial charge in [-0.05, 0) is 18.1 Å². The second kappa shape index (κ2) is 4.75. The van der Waals surface area contributed by atoms with Gasteiger partial charge in [0.15, 0.2) is 0 Å². The van der Waals surface area contributed by atoms with Gasteiger partial charge in [-0.25, -0.2) is 0 Å².